The third-order valence-electron chi connectivity index (χ3n) is 7.48. The summed E-state index contributed by atoms with van der Waals surface area (Å²) in [7, 11) is 1.86. The average Bonchev–Trinajstić information content (AvgIpc) is 3.38. The molecule has 2 aliphatic carbocycles. The van der Waals surface area contributed by atoms with Crippen LogP contribution in [0.3, 0.4) is 0 Å². The van der Waals surface area contributed by atoms with Gasteiger partial charge in [-0.25, -0.2) is 0 Å². The van der Waals surface area contributed by atoms with Crippen molar-refractivity contribution >= 4 is 11.9 Å². The van der Waals surface area contributed by atoms with E-state index in [1.165, 1.54) is 45.1 Å². The highest BCUT2D eigenvalue weighted by molar-refractivity contribution is 5.80. The second kappa shape index (κ2) is 10.1. The molecule has 4 aliphatic rings. The third kappa shape index (κ3) is 5.43. The van der Waals surface area contributed by atoms with Crippen LogP contribution >= 0.6 is 0 Å². The van der Waals surface area contributed by atoms with Crippen molar-refractivity contribution in [2.75, 3.05) is 59.4 Å². The van der Waals surface area contributed by atoms with E-state index in [0.29, 0.717) is 17.9 Å². The number of guanidine groups is 1. The first-order valence-electron chi connectivity index (χ1n) is 12.0. The van der Waals surface area contributed by atoms with Gasteiger partial charge in [-0.3, -0.25) is 19.6 Å². The first-order valence-corrected chi connectivity index (χ1v) is 12.0. The van der Waals surface area contributed by atoms with E-state index in [0.717, 1.165) is 70.7 Å². The van der Waals surface area contributed by atoms with Crippen LogP contribution in [0.5, 0.6) is 0 Å². The van der Waals surface area contributed by atoms with Gasteiger partial charge in [-0.2, -0.15) is 0 Å². The van der Waals surface area contributed by atoms with Gasteiger partial charge in [-0.05, 0) is 32.1 Å². The minimum atomic E-state index is 0.331. The van der Waals surface area contributed by atoms with Crippen LogP contribution in [-0.4, -0.2) is 98.1 Å². The molecule has 2 heterocycles. The van der Waals surface area contributed by atoms with Gasteiger partial charge in [0.25, 0.3) is 0 Å². The maximum atomic E-state index is 12.4. The molecule has 0 radical (unpaired) electrons. The van der Waals surface area contributed by atoms with E-state index in [9.17, 15) is 4.79 Å². The van der Waals surface area contributed by atoms with Crippen LogP contribution < -0.4 is 10.6 Å². The van der Waals surface area contributed by atoms with E-state index < -0.39 is 0 Å². The van der Waals surface area contributed by atoms with Crippen molar-refractivity contribution in [1.82, 2.24) is 25.3 Å². The topological polar surface area (TPSA) is 63.2 Å². The van der Waals surface area contributed by atoms with E-state index in [-0.39, 0.29) is 0 Å². The van der Waals surface area contributed by atoms with Crippen LogP contribution in [-0.2, 0) is 4.79 Å². The summed E-state index contributed by atoms with van der Waals surface area (Å²) in [5.74, 6) is 1.67. The van der Waals surface area contributed by atoms with Crippen molar-refractivity contribution in [1.29, 1.82) is 0 Å². The quantitative estimate of drug-likeness (QED) is 0.513. The largest absolute Gasteiger partial charge is 0.355 e. The molecule has 1 unspecified atom stereocenters. The molecule has 0 aromatic rings. The highest BCUT2D eigenvalue weighted by Gasteiger charge is 2.32. The Morgan fingerprint density at radius 3 is 2.38 bits per heavy atom. The maximum absolute atomic E-state index is 12.4. The Hall–Kier alpha value is -1.34. The molecule has 2 aliphatic heterocycles. The summed E-state index contributed by atoms with van der Waals surface area (Å²) in [6, 6.07) is 1.34. The fourth-order valence-corrected chi connectivity index (χ4v) is 5.33. The number of rotatable bonds is 6. The summed E-state index contributed by atoms with van der Waals surface area (Å²) in [6.07, 6.45) is 10.3. The monoisotopic (exact) mass is 404 g/mol. The van der Waals surface area contributed by atoms with E-state index in [1.54, 1.807) is 0 Å². The minimum absolute atomic E-state index is 0.331. The smallest absolute Gasteiger partial charge is 0.225 e. The average molecular weight is 405 g/mol. The number of carbonyl (C=O) groups is 1. The molecule has 164 valence electrons. The van der Waals surface area contributed by atoms with Crippen LogP contribution in [0, 0.1) is 5.92 Å². The predicted molar refractivity (Wildman–Crippen MR) is 117 cm³/mol. The summed E-state index contributed by atoms with van der Waals surface area (Å²) >= 11 is 0. The number of hydrogen-bond acceptors (Lipinski definition) is 4. The van der Waals surface area contributed by atoms with Gasteiger partial charge in [0.05, 0.1) is 0 Å². The molecule has 7 nitrogen and oxygen atoms in total. The molecule has 0 aromatic heterocycles. The molecule has 2 saturated heterocycles. The van der Waals surface area contributed by atoms with Crippen LogP contribution in [0.25, 0.3) is 0 Å². The Morgan fingerprint density at radius 1 is 0.966 bits per heavy atom. The zero-order valence-corrected chi connectivity index (χ0v) is 18.2. The lowest BCUT2D eigenvalue weighted by Crippen LogP contribution is -2.53. The van der Waals surface area contributed by atoms with E-state index in [1.807, 2.05) is 7.05 Å². The number of amides is 1. The van der Waals surface area contributed by atoms with Crippen LogP contribution in [0.4, 0.5) is 0 Å². The van der Waals surface area contributed by atoms with Gasteiger partial charge in [0.1, 0.15) is 0 Å². The molecular weight excluding hydrogens is 364 g/mol. The Labute approximate surface area is 176 Å². The second-order valence-electron chi connectivity index (χ2n) is 9.36. The zero-order chi connectivity index (χ0) is 20.1. The third-order valence-corrected chi connectivity index (χ3v) is 7.48. The molecule has 0 spiro atoms. The molecule has 7 heteroatoms. The predicted octanol–water partition coefficient (Wildman–Crippen LogP) is 1.11. The summed E-state index contributed by atoms with van der Waals surface area (Å²) < 4.78 is 0. The van der Waals surface area contributed by atoms with Crippen LogP contribution in [0.15, 0.2) is 4.99 Å². The number of aliphatic imine (C=N–C) groups is 1. The molecule has 4 fully saturated rings. The van der Waals surface area contributed by atoms with Crippen molar-refractivity contribution in [3.63, 3.8) is 0 Å². The lowest BCUT2D eigenvalue weighted by Gasteiger charge is -2.38. The summed E-state index contributed by atoms with van der Waals surface area (Å²) in [5.41, 5.74) is 0. The van der Waals surface area contributed by atoms with Crippen molar-refractivity contribution in [2.24, 2.45) is 10.9 Å². The van der Waals surface area contributed by atoms with Gasteiger partial charge >= 0.3 is 0 Å². The molecule has 4 rings (SSSR count). The van der Waals surface area contributed by atoms with Crippen LogP contribution in [0.1, 0.15) is 51.4 Å². The first-order chi connectivity index (χ1) is 14.2. The number of carbonyl (C=O) groups excluding carboxylic acids is 1. The molecule has 29 heavy (non-hydrogen) atoms. The number of hydrogen-bond donors (Lipinski definition) is 2. The molecule has 1 amide bonds. The van der Waals surface area contributed by atoms with Crippen molar-refractivity contribution in [3.05, 3.63) is 0 Å². The van der Waals surface area contributed by atoms with Gasteiger partial charge in [0, 0.05) is 77.4 Å². The summed E-state index contributed by atoms with van der Waals surface area (Å²) in [5, 5.41) is 7.13. The molecular formula is C22H40N6O. The Bertz CT molecular complexity index is 564. The standard InChI is InChI=1S/C22H40N6O/c1-23-22(25-19-9-11-28(17-19)20-7-2-3-8-20)24-10-12-26-13-15-27(16-14-26)21(29)18-5-4-6-18/h18-20H,2-17H2,1H3,(H2,23,24,25). The molecule has 2 N–H and O–H groups in total. The number of likely N-dealkylation sites (tertiary alicyclic amines) is 1. The highest BCUT2D eigenvalue weighted by Crippen LogP contribution is 2.28. The maximum Gasteiger partial charge on any atom is 0.225 e. The second-order valence-corrected chi connectivity index (χ2v) is 9.36. The fourth-order valence-electron chi connectivity index (χ4n) is 5.33. The molecule has 2 saturated carbocycles. The minimum Gasteiger partial charge on any atom is -0.355 e. The first kappa shape index (κ1) is 20.9. The SMILES string of the molecule is CN=C(NCCN1CCN(C(=O)C2CCC2)CC1)NC1CCN(C2CCCC2)C1. The van der Waals surface area contributed by atoms with E-state index in [2.05, 4.69) is 30.3 Å². The lowest BCUT2D eigenvalue weighted by molar-refractivity contribution is -0.139. The fraction of sp³-hybridized carbons (Fsp3) is 0.909. The Kier molecular flexibility index (Phi) is 7.29. The van der Waals surface area contributed by atoms with Gasteiger partial charge in [-0.15, -0.1) is 0 Å². The van der Waals surface area contributed by atoms with Gasteiger partial charge < -0.3 is 15.5 Å². The van der Waals surface area contributed by atoms with Crippen molar-refractivity contribution in [3.8, 4) is 0 Å². The molecule has 0 bridgehead atoms. The summed E-state index contributed by atoms with van der Waals surface area (Å²) in [6.45, 7) is 8.05. The molecule has 1 atom stereocenters. The van der Waals surface area contributed by atoms with Crippen molar-refractivity contribution < 1.29 is 4.79 Å². The van der Waals surface area contributed by atoms with Crippen molar-refractivity contribution in [2.45, 2.75) is 63.5 Å². The lowest BCUT2D eigenvalue weighted by atomic mass is 9.84. The van der Waals surface area contributed by atoms with E-state index in [4.69, 9.17) is 0 Å². The van der Waals surface area contributed by atoms with Crippen LogP contribution in [0.2, 0.25) is 0 Å². The number of piperazine rings is 1. The number of nitrogens with one attached hydrogen (secondary N) is 2. The van der Waals surface area contributed by atoms with Gasteiger partial charge in [0.15, 0.2) is 5.96 Å². The normalized spacial score (nSPS) is 28.0. The Morgan fingerprint density at radius 2 is 1.72 bits per heavy atom. The Balaban J connectivity index is 1.11. The van der Waals surface area contributed by atoms with Gasteiger partial charge in [-0.1, -0.05) is 19.3 Å². The van der Waals surface area contributed by atoms with Gasteiger partial charge in [0.2, 0.25) is 5.91 Å². The highest BCUT2D eigenvalue weighted by atomic mass is 16.2. The molecule has 0 aromatic carbocycles. The number of nitrogens with zero attached hydrogens (tertiary/aromatic N) is 4. The van der Waals surface area contributed by atoms with E-state index >= 15 is 0 Å². The summed E-state index contributed by atoms with van der Waals surface area (Å²) in [4.78, 5) is 24.0. The zero-order valence-electron chi connectivity index (χ0n) is 18.2.